The van der Waals surface area contributed by atoms with E-state index in [1.54, 1.807) is 13.0 Å². The van der Waals surface area contributed by atoms with Crippen LogP contribution < -0.4 is 0 Å². The predicted octanol–water partition coefficient (Wildman–Crippen LogP) is 5.73. The van der Waals surface area contributed by atoms with Gasteiger partial charge < -0.3 is 13.3 Å². The fourth-order valence-corrected chi connectivity index (χ4v) is 8.74. The van der Waals surface area contributed by atoms with Gasteiger partial charge in [-0.25, -0.2) is 0 Å². The van der Waals surface area contributed by atoms with Gasteiger partial charge in [0.05, 0.1) is 0 Å². The second kappa shape index (κ2) is 9.24. The fourth-order valence-electron chi connectivity index (χ4n) is 2.24. The first-order valence-electron chi connectivity index (χ1n) is 8.55. The molecule has 0 aliphatic carbocycles. The van der Waals surface area contributed by atoms with Crippen molar-refractivity contribution >= 4 is 30.9 Å². The summed E-state index contributed by atoms with van der Waals surface area (Å²) in [5.41, 5.74) is 1.04. The molecule has 0 bridgehead atoms. The minimum atomic E-state index is -1.86. The summed E-state index contributed by atoms with van der Waals surface area (Å²) in [5, 5.41) is 0. The van der Waals surface area contributed by atoms with Crippen LogP contribution in [0.15, 0.2) is 43.0 Å². The lowest BCUT2D eigenvalue weighted by molar-refractivity contribution is -0.129. The molecule has 0 aliphatic rings. The Labute approximate surface area is 156 Å². The molecule has 1 amide bonds. The van der Waals surface area contributed by atoms with Crippen molar-refractivity contribution in [1.82, 2.24) is 4.90 Å². The van der Waals surface area contributed by atoms with Crippen LogP contribution >= 0.6 is 8.38 Å². The van der Waals surface area contributed by atoms with E-state index in [0.29, 0.717) is 6.54 Å². The number of hydrogen-bond donors (Lipinski definition) is 0. The van der Waals surface area contributed by atoms with Gasteiger partial charge in [-0.15, -0.1) is 6.58 Å². The van der Waals surface area contributed by atoms with Gasteiger partial charge in [-0.3, -0.25) is 4.79 Å². The molecule has 1 aromatic carbocycles. The zero-order chi connectivity index (χ0) is 19.3. The molecule has 0 fully saturated rings. The van der Waals surface area contributed by atoms with Crippen LogP contribution in [0.5, 0.6) is 0 Å². The Balaban J connectivity index is 3.41. The van der Waals surface area contributed by atoms with E-state index in [1.807, 2.05) is 35.2 Å². The first kappa shape index (κ1) is 22.3. The molecule has 1 rings (SSSR count). The van der Waals surface area contributed by atoms with E-state index < -0.39 is 25.0 Å². The van der Waals surface area contributed by atoms with Crippen LogP contribution in [0.25, 0.3) is 0 Å². The Morgan fingerprint density at radius 2 is 1.60 bits per heavy atom. The summed E-state index contributed by atoms with van der Waals surface area (Å²) in [6.07, 6.45) is 1.76. The van der Waals surface area contributed by atoms with E-state index >= 15 is 0 Å². The topological polar surface area (TPSA) is 38.8 Å². The average molecular weight is 398 g/mol. The highest BCUT2D eigenvalue weighted by molar-refractivity contribution is 7.51. The van der Waals surface area contributed by atoms with E-state index in [9.17, 15) is 4.79 Å². The third-order valence-electron chi connectivity index (χ3n) is 3.05. The summed E-state index contributed by atoms with van der Waals surface area (Å²) in [5.74, 6) is -0.232. The maximum absolute atomic E-state index is 12.4. The lowest BCUT2D eigenvalue weighted by Gasteiger charge is -2.40. The van der Waals surface area contributed by atoms with Crippen molar-refractivity contribution in [3.05, 3.63) is 48.6 Å². The van der Waals surface area contributed by atoms with Crippen LogP contribution in [-0.2, 0) is 13.2 Å². The second-order valence-corrected chi connectivity index (χ2v) is 18.9. The van der Waals surface area contributed by atoms with Gasteiger partial charge in [0.15, 0.2) is 25.0 Å². The zero-order valence-corrected chi connectivity index (χ0v) is 19.5. The van der Waals surface area contributed by atoms with Crippen molar-refractivity contribution in [1.29, 1.82) is 0 Å². The minimum Gasteiger partial charge on any atom is -0.375 e. The standard InChI is InChI=1S/C18H32NO3PSi2/c1-9-15-19(16(2)20)18(17-13-11-10-12-14-17)23(21-24(3,4)5)22-25(6,7)8/h9-14,18H,1,15H2,2-8H3. The Hall–Kier alpha value is -0.786. The van der Waals surface area contributed by atoms with E-state index in [-0.39, 0.29) is 11.7 Å². The first-order valence-corrected chi connectivity index (χ1v) is 16.6. The molecule has 0 N–H and O–H groups in total. The predicted molar refractivity (Wildman–Crippen MR) is 113 cm³/mol. The molecule has 0 aliphatic heterocycles. The Morgan fingerprint density at radius 3 is 1.96 bits per heavy atom. The highest BCUT2D eigenvalue weighted by Crippen LogP contribution is 2.58. The Bertz CT molecular complexity index is 554. The summed E-state index contributed by atoms with van der Waals surface area (Å²) in [6, 6.07) is 10.0. The molecular weight excluding hydrogens is 365 g/mol. The van der Waals surface area contributed by atoms with Gasteiger partial charge in [0, 0.05) is 13.5 Å². The van der Waals surface area contributed by atoms with Crippen molar-refractivity contribution in [3.63, 3.8) is 0 Å². The highest BCUT2D eigenvalue weighted by atomic mass is 31.2. The molecule has 0 heterocycles. The van der Waals surface area contributed by atoms with Crippen LogP contribution in [0, 0.1) is 0 Å². The molecule has 0 saturated heterocycles. The molecule has 4 nitrogen and oxygen atoms in total. The van der Waals surface area contributed by atoms with Crippen LogP contribution in [0.3, 0.4) is 0 Å². The van der Waals surface area contributed by atoms with E-state index in [4.69, 9.17) is 8.43 Å². The molecular formula is C18H32NO3PSi2. The summed E-state index contributed by atoms with van der Waals surface area (Å²) in [4.78, 5) is 14.2. The smallest absolute Gasteiger partial charge is 0.220 e. The van der Waals surface area contributed by atoms with Crippen LogP contribution in [0.2, 0.25) is 39.3 Å². The number of benzene rings is 1. The average Bonchev–Trinajstić information content (AvgIpc) is 2.44. The van der Waals surface area contributed by atoms with Crippen molar-refractivity contribution < 1.29 is 13.2 Å². The van der Waals surface area contributed by atoms with Gasteiger partial charge in [0.1, 0.15) is 5.78 Å². The molecule has 0 spiro atoms. The molecule has 25 heavy (non-hydrogen) atoms. The SMILES string of the molecule is C=CCN(C(C)=O)C(c1ccccc1)P(O[Si](C)(C)C)O[Si](C)(C)C. The summed E-state index contributed by atoms with van der Waals surface area (Å²) in [7, 11) is -4.99. The molecule has 1 unspecified atom stereocenters. The number of hydrogen-bond acceptors (Lipinski definition) is 3. The lowest BCUT2D eigenvalue weighted by atomic mass is 10.2. The number of amides is 1. The molecule has 1 atom stereocenters. The van der Waals surface area contributed by atoms with Gasteiger partial charge >= 0.3 is 0 Å². The zero-order valence-electron chi connectivity index (χ0n) is 16.6. The molecule has 140 valence electrons. The summed E-state index contributed by atoms with van der Waals surface area (Å²) >= 11 is 0. The van der Waals surface area contributed by atoms with Gasteiger partial charge in [-0.2, -0.15) is 0 Å². The third-order valence-corrected chi connectivity index (χ3v) is 9.85. The molecule has 0 saturated carbocycles. The number of carbonyl (C=O) groups is 1. The van der Waals surface area contributed by atoms with Crippen LogP contribution in [-0.4, -0.2) is 34.0 Å². The third kappa shape index (κ3) is 7.97. The summed E-state index contributed by atoms with van der Waals surface area (Å²) < 4.78 is 13.0. The van der Waals surface area contributed by atoms with E-state index in [1.165, 1.54) is 0 Å². The minimum absolute atomic E-state index is 0.000366. The highest BCUT2D eigenvalue weighted by Gasteiger charge is 2.38. The van der Waals surface area contributed by atoms with Crippen molar-refractivity contribution in [3.8, 4) is 0 Å². The Morgan fingerprint density at radius 1 is 1.12 bits per heavy atom. The molecule has 7 heteroatoms. The first-order chi connectivity index (χ1) is 11.4. The van der Waals surface area contributed by atoms with Gasteiger partial charge in [0.2, 0.25) is 5.91 Å². The Kier molecular flexibility index (Phi) is 8.22. The van der Waals surface area contributed by atoms with E-state index in [2.05, 4.69) is 45.9 Å². The number of nitrogens with zero attached hydrogens (tertiary/aromatic N) is 1. The largest absolute Gasteiger partial charge is 0.375 e. The molecule has 0 aromatic heterocycles. The monoisotopic (exact) mass is 397 g/mol. The molecule has 0 radical (unpaired) electrons. The summed E-state index contributed by atoms with van der Waals surface area (Å²) in [6.45, 7) is 18.8. The molecule has 1 aromatic rings. The van der Waals surface area contributed by atoms with Gasteiger partial charge in [-0.05, 0) is 44.8 Å². The number of carbonyl (C=O) groups excluding carboxylic acids is 1. The van der Waals surface area contributed by atoms with Crippen molar-refractivity contribution in [2.24, 2.45) is 0 Å². The quantitative estimate of drug-likeness (QED) is 0.303. The normalized spacial score (nSPS) is 13.6. The lowest BCUT2D eigenvalue weighted by Crippen LogP contribution is -2.37. The van der Waals surface area contributed by atoms with Crippen LogP contribution in [0.4, 0.5) is 0 Å². The maximum atomic E-state index is 12.4. The van der Waals surface area contributed by atoms with Crippen LogP contribution in [0.1, 0.15) is 18.3 Å². The van der Waals surface area contributed by atoms with Crippen molar-refractivity contribution in [2.45, 2.75) is 52.0 Å². The maximum Gasteiger partial charge on any atom is 0.220 e. The van der Waals surface area contributed by atoms with Gasteiger partial charge in [0.25, 0.3) is 0 Å². The van der Waals surface area contributed by atoms with E-state index in [0.717, 1.165) is 5.56 Å². The second-order valence-electron chi connectivity index (χ2n) is 7.94. The number of rotatable bonds is 9. The van der Waals surface area contributed by atoms with Gasteiger partial charge in [-0.1, -0.05) is 36.4 Å². The van der Waals surface area contributed by atoms with Crippen molar-refractivity contribution in [2.75, 3.05) is 6.54 Å². The fraction of sp³-hybridized carbons (Fsp3) is 0.500.